The third-order valence-corrected chi connectivity index (χ3v) is 3.02. The van der Waals surface area contributed by atoms with Gasteiger partial charge in [-0.1, -0.05) is 29.8 Å². The molecule has 0 amide bonds. The Bertz CT molecular complexity index is 570. The van der Waals surface area contributed by atoms with Crippen molar-refractivity contribution in [2.45, 2.75) is 19.6 Å². The molecule has 0 aliphatic rings. The van der Waals surface area contributed by atoms with Crippen molar-refractivity contribution in [1.82, 2.24) is 0 Å². The van der Waals surface area contributed by atoms with Crippen molar-refractivity contribution >= 4 is 11.6 Å². The van der Waals surface area contributed by atoms with E-state index in [1.165, 1.54) is 12.1 Å². The lowest BCUT2D eigenvalue weighted by Gasteiger charge is -2.10. The molecule has 2 rings (SSSR count). The van der Waals surface area contributed by atoms with E-state index < -0.39 is 11.9 Å². The second-order valence-corrected chi connectivity index (χ2v) is 4.69. The van der Waals surface area contributed by atoms with Gasteiger partial charge in [0.15, 0.2) is 0 Å². The Balaban J connectivity index is 2.05. The molecule has 2 aromatic rings. The average molecular weight is 281 g/mol. The molecule has 0 saturated carbocycles. The van der Waals surface area contributed by atoms with E-state index in [0.29, 0.717) is 12.4 Å². The lowest BCUT2D eigenvalue weighted by Crippen LogP contribution is -1.97. The molecule has 0 aromatic heterocycles. The molecule has 0 spiro atoms. The third kappa shape index (κ3) is 3.69. The maximum absolute atomic E-state index is 13.0. The van der Waals surface area contributed by atoms with Crippen molar-refractivity contribution in [2.75, 3.05) is 0 Å². The molecule has 1 N–H and O–H groups in total. The minimum absolute atomic E-state index is 0.0823. The highest BCUT2D eigenvalue weighted by atomic mass is 35.5. The van der Waals surface area contributed by atoms with Crippen LogP contribution in [-0.4, -0.2) is 5.11 Å². The first kappa shape index (κ1) is 13.8. The summed E-state index contributed by atoms with van der Waals surface area (Å²) in [4.78, 5) is 0. The van der Waals surface area contributed by atoms with Crippen LogP contribution in [0.1, 0.15) is 24.2 Å². The van der Waals surface area contributed by atoms with Gasteiger partial charge in [0.05, 0.1) is 11.1 Å². The molecule has 0 heterocycles. The van der Waals surface area contributed by atoms with Gasteiger partial charge in [-0.15, -0.1) is 0 Å². The maximum Gasteiger partial charge on any atom is 0.141 e. The van der Waals surface area contributed by atoms with E-state index >= 15 is 0 Å². The van der Waals surface area contributed by atoms with Gasteiger partial charge in [0.1, 0.15) is 18.2 Å². The number of halogens is 2. The van der Waals surface area contributed by atoms with Gasteiger partial charge in [0, 0.05) is 0 Å². The summed E-state index contributed by atoms with van der Waals surface area (Å²) in [7, 11) is 0. The Hall–Kier alpha value is -1.58. The summed E-state index contributed by atoms with van der Waals surface area (Å²) >= 11 is 5.70. The van der Waals surface area contributed by atoms with Gasteiger partial charge in [-0.2, -0.15) is 0 Å². The summed E-state index contributed by atoms with van der Waals surface area (Å²) < 4.78 is 18.6. The summed E-state index contributed by atoms with van der Waals surface area (Å²) in [6, 6.07) is 11.7. The van der Waals surface area contributed by atoms with Gasteiger partial charge in [-0.25, -0.2) is 4.39 Å². The van der Waals surface area contributed by atoms with Crippen LogP contribution in [-0.2, 0) is 6.61 Å². The van der Waals surface area contributed by atoms with E-state index in [1.807, 2.05) is 12.1 Å². The van der Waals surface area contributed by atoms with E-state index in [-0.39, 0.29) is 5.02 Å². The summed E-state index contributed by atoms with van der Waals surface area (Å²) in [5, 5.41) is 9.57. The SMILES string of the molecule is C[C@@H](O)c1cccc(OCc2ccc(F)c(Cl)c2)c1. The first-order chi connectivity index (χ1) is 9.06. The van der Waals surface area contributed by atoms with E-state index in [9.17, 15) is 9.50 Å². The number of benzene rings is 2. The quantitative estimate of drug-likeness (QED) is 0.913. The zero-order chi connectivity index (χ0) is 13.8. The predicted molar refractivity (Wildman–Crippen MR) is 72.8 cm³/mol. The average Bonchev–Trinajstić information content (AvgIpc) is 2.40. The van der Waals surface area contributed by atoms with E-state index in [0.717, 1.165) is 11.1 Å². The fourth-order valence-corrected chi connectivity index (χ4v) is 1.86. The normalized spacial score (nSPS) is 12.2. The molecule has 2 aromatic carbocycles. The number of hydrogen-bond donors (Lipinski definition) is 1. The molecule has 0 radical (unpaired) electrons. The van der Waals surface area contributed by atoms with Crippen LogP contribution in [0.3, 0.4) is 0 Å². The van der Waals surface area contributed by atoms with Gasteiger partial charge >= 0.3 is 0 Å². The van der Waals surface area contributed by atoms with Crippen LogP contribution < -0.4 is 4.74 Å². The van der Waals surface area contributed by atoms with Crippen molar-refractivity contribution in [2.24, 2.45) is 0 Å². The Morgan fingerprint density at radius 3 is 2.74 bits per heavy atom. The molecule has 2 nitrogen and oxygen atoms in total. The number of ether oxygens (including phenoxy) is 1. The summed E-state index contributed by atoms with van der Waals surface area (Å²) in [6.07, 6.45) is -0.538. The van der Waals surface area contributed by atoms with Crippen molar-refractivity contribution in [3.8, 4) is 5.75 Å². The number of rotatable bonds is 4. The fraction of sp³-hybridized carbons (Fsp3) is 0.200. The zero-order valence-electron chi connectivity index (χ0n) is 10.4. The zero-order valence-corrected chi connectivity index (χ0v) is 11.2. The van der Waals surface area contributed by atoms with E-state index in [1.54, 1.807) is 25.1 Å². The fourth-order valence-electron chi connectivity index (χ4n) is 1.66. The molecular formula is C15H14ClFO2. The molecule has 100 valence electrons. The Kier molecular flexibility index (Phi) is 4.40. The highest BCUT2D eigenvalue weighted by Crippen LogP contribution is 2.21. The monoisotopic (exact) mass is 280 g/mol. The van der Waals surface area contributed by atoms with E-state index in [2.05, 4.69) is 0 Å². The standard InChI is InChI=1S/C15H14ClFO2/c1-10(18)12-3-2-4-13(8-12)19-9-11-5-6-15(17)14(16)7-11/h2-8,10,18H,9H2,1H3/t10-/m1/s1. The van der Waals surface area contributed by atoms with Gasteiger partial charge < -0.3 is 9.84 Å². The number of aliphatic hydroxyl groups is 1. The smallest absolute Gasteiger partial charge is 0.141 e. The van der Waals surface area contributed by atoms with Crippen molar-refractivity contribution in [1.29, 1.82) is 0 Å². The van der Waals surface area contributed by atoms with Crippen LogP contribution in [0.2, 0.25) is 5.02 Å². The first-order valence-corrected chi connectivity index (χ1v) is 6.29. The van der Waals surface area contributed by atoms with Crippen LogP contribution in [0.15, 0.2) is 42.5 Å². The van der Waals surface area contributed by atoms with Gasteiger partial charge in [-0.05, 0) is 42.3 Å². The van der Waals surface area contributed by atoms with Crippen LogP contribution in [0.4, 0.5) is 4.39 Å². The minimum atomic E-state index is -0.538. The first-order valence-electron chi connectivity index (χ1n) is 5.91. The summed E-state index contributed by atoms with van der Waals surface area (Å²) in [5.41, 5.74) is 1.57. The molecule has 1 atom stereocenters. The molecule has 0 aliphatic carbocycles. The molecule has 0 saturated heterocycles. The molecule has 0 aliphatic heterocycles. The molecule has 0 bridgehead atoms. The Labute approximate surface area is 116 Å². The van der Waals surface area contributed by atoms with Crippen LogP contribution >= 0.6 is 11.6 Å². The van der Waals surface area contributed by atoms with Gasteiger partial charge in [0.25, 0.3) is 0 Å². The lowest BCUT2D eigenvalue weighted by atomic mass is 10.1. The molecule has 4 heteroatoms. The van der Waals surface area contributed by atoms with Crippen LogP contribution in [0.5, 0.6) is 5.75 Å². The van der Waals surface area contributed by atoms with Crippen LogP contribution in [0.25, 0.3) is 0 Å². The molecule has 0 unspecified atom stereocenters. The van der Waals surface area contributed by atoms with Crippen molar-refractivity contribution in [3.05, 3.63) is 64.4 Å². The largest absolute Gasteiger partial charge is 0.489 e. The second kappa shape index (κ2) is 6.04. The minimum Gasteiger partial charge on any atom is -0.489 e. The predicted octanol–water partition coefficient (Wildman–Crippen LogP) is 4.11. The summed E-state index contributed by atoms with van der Waals surface area (Å²) in [6.45, 7) is 1.99. The second-order valence-electron chi connectivity index (χ2n) is 4.29. The van der Waals surface area contributed by atoms with Gasteiger partial charge in [-0.3, -0.25) is 0 Å². The van der Waals surface area contributed by atoms with Crippen LogP contribution in [0, 0.1) is 5.82 Å². The van der Waals surface area contributed by atoms with Crippen molar-refractivity contribution in [3.63, 3.8) is 0 Å². The Morgan fingerprint density at radius 2 is 2.05 bits per heavy atom. The highest BCUT2D eigenvalue weighted by Gasteiger charge is 2.04. The summed E-state index contributed by atoms with van der Waals surface area (Å²) in [5.74, 6) is 0.209. The maximum atomic E-state index is 13.0. The molecule has 0 fully saturated rings. The topological polar surface area (TPSA) is 29.5 Å². The number of hydrogen-bond acceptors (Lipinski definition) is 2. The Morgan fingerprint density at radius 1 is 1.26 bits per heavy atom. The highest BCUT2D eigenvalue weighted by molar-refractivity contribution is 6.30. The third-order valence-electron chi connectivity index (χ3n) is 2.73. The van der Waals surface area contributed by atoms with E-state index in [4.69, 9.17) is 16.3 Å². The van der Waals surface area contributed by atoms with Crippen molar-refractivity contribution < 1.29 is 14.2 Å². The number of aliphatic hydroxyl groups excluding tert-OH is 1. The molecule has 19 heavy (non-hydrogen) atoms. The van der Waals surface area contributed by atoms with Gasteiger partial charge in [0.2, 0.25) is 0 Å². The lowest BCUT2D eigenvalue weighted by molar-refractivity contribution is 0.198. The molecular weight excluding hydrogens is 267 g/mol.